The van der Waals surface area contributed by atoms with Gasteiger partial charge in [-0.3, -0.25) is 0 Å². The van der Waals surface area contributed by atoms with Crippen LogP contribution in [0.3, 0.4) is 0 Å². The summed E-state index contributed by atoms with van der Waals surface area (Å²) in [4.78, 5) is 17.4. The van der Waals surface area contributed by atoms with Crippen molar-refractivity contribution in [1.29, 1.82) is 0 Å². The first-order valence-electron chi connectivity index (χ1n) is 9.32. The Morgan fingerprint density at radius 2 is 1.96 bits per heavy atom. The van der Waals surface area contributed by atoms with Crippen LogP contribution in [0.25, 0.3) is 32.6 Å². The number of nitrogens with zero attached hydrogens (tertiary/aromatic N) is 2. The molecule has 6 nitrogen and oxygen atoms in total. The Hall–Kier alpha value is -2.96. The molecule has 0 unspecified atom stereocenters. The number of methoxy groups -OCH3 is 1. The zero-order chi connectivity index (χ0) is 19.7. The van der Waals surface area contributed by atoms with Crippen molar-refractivity contribution in [2.45, 2.75) is 13.5 Å². The maximum atomic E-state index is 12.7. The van der Waals surface area contributed by atoms with Crippen LogP contribution in [-0.2, 0) is 16.0 Å². The van der Waals surface area contributed by atoms with E-state index in [1.165, 1.54) is 7.11 Å². The van der Waals surface area contributed by atoms with Crippen molar-refractivity contribution < 1.29 is 14.3 Å². The predicted molar refractivity (Wildman–Crippen MR) is 111 cm³/mol. The summed E-state index contributed by atoms with van der Waals surface area (Å²) in [6.07, 6.45) is 4.01. The molecule has 2 N–H and O–H groups in total. The molecule has 4 rings (SSSR count). The number of benzene rings is 2. The minimum Gasteiger partial charge on any atom is -0.465 e. The number of rotatable bonds is 6. The average molecular weight is 377 g/mol. The quantitative estimate of drug-likeness (QED) is 0.411. The third kappa shape index (κ3) is 3.00. The van der Waals surface area contributed by atoms with Gasteiger partial charge in [0, 0.05) is 47.0 Å². The number of para-hydroxylation sites is 1. The van der Waals surface area contributed by atoms with Crippen molar-refractivity contribution in [2.24, 2.45) is 5.73 Å². The van der Waals surface area contributed by atoms with Crippen molar-refractivity contribution in [3.8, 4) is 0 Å². The van der Waals surface area contributed by atoms with E-state index in [1.807, 2.05) is 36.5 Å². The first kappa shape index (κ1) is 18.4. The van der Waals surface area contributed by atoms with E-state index in [9.17, 15) is 4.79 Å². The lowest BCUT2D eigenvalue weighted by Crippen LogP contribution is -2.12. The molecule has 0 aliphatic heterocycles. The number of aromatic nitrogens is 2. The first-order chi connectivity index (χ1) is 13.7. The van der Waals surface area contributed by atoms with Crippen molar-refractivity contribution >= 4 is 38.5 Å². The van der Waals surface area contributed by atoms with Gasteiger partial charge < -0.3 is 19.8 Å². The van der Waals surface area contributed by atoms with Crippen molar-refractivity contribution in [3.63, 3.8) is 0 Å². The maximum Gasteiger partial charge on any atom is 0.340 e. The van der Waals surface area contributed by atoms with Gasteiger partial charge in [0.1, 0.15) is 0 Å². The Balaban J connectivity index is 1.96. The zero-order valence-corrected chi connectivity index (χ0v) is 16.1. The highest BCUT2D eigenvalue weighted by Gasteiger charge is 2.22. The molecular weight excluding hydrogens is 354 g/mol. The van der Waals surface area contributed by atoms with Crippen LogP contribution in [-0.4, -0.2) is 42.4 Å². The topological polar surface area (TPSA) is 79.4 Å². The lowest BCUT2D eigenvalue weighted by molar-refractivity contribution is 0.0605. The molecular formula is C22H23N3O3. The smallest absolute Gasteiger partial charge is 0.340 e. The van der Waals surface area contributed by atoms with Crippen LogP contribution in [0.15, 0.2) is 42.7 Å². The fourth-order valence-corrected chi connectivity index (χ4v) is 3.77. The zero-order valence-electron chi connectivity index (χ0n) is 16.1. The van der Waals surface area contributed by atoms with E-state index >= 15 is 0 Å². The molecule has 0 radical (unpaired) electrons. The van der Waals surface area contributed by atoms with Gasteiger partial charge in [-0.1, -0.05) is 18.2 Å². The minimum atomic E-state index is -0.373. The van der Waals surface area contributed by atoms with Crippen LogP contribution >= 0.6 is 0 Å². The number of nitrogens with two attached hydrogens (primary N) is 1. The lowest BCUT2D eigenvalue weighted by Gasteiger charge is -2.14. The Morgan fingerprint density at radius 1 is 1.14 bits per heavy atom. The van der Waals surface area contributed by atoms with Gasteiger partial charge in [-0.05, 0) is 24.6 Å². The molecule has 0 amide bonds. The molecule has 144 valence electrons. The van der Waals surface area contributed by atoms with Gasteiger partial charge in [0.15, 0.2) is 0 Å². The van der Waals surface area contributed by atoms with Gasteiger partial charge in [0.25, 0.3) is 0 Å². The number of fused-ring (bicyclic) bond motifs is 4. The molecule has 0 bridgehead atoms. The summed E-state index contributed by atoms with van der Waals surface area (Å²) in [6, 6.07) is 9.91. The summed E-state index contributed by atoms with van der Waals surface area (Å²) in [5.74, 6) is -0.373. The average Bonchev–Trinajstić information content (AvgIpc) is 3.10. The molecule has 2 heterocycles. The number of aryl methyl sites for hydroxylation is 1. The van der Waals surface area contributed by atoms with Crippen molar-refractivity contribution in [3.05, 3.63) is 53.9 Å². The highest BCUT2D eigenvalue weighted by molar-refractivity contribution is 6.23. The van der Waals surface area contributed by atoms with E-state index < -0.39 is 0 Å². The number of pyridine rings is 1. The highest BCUT2D eigenvalue weighted by Crippen LogP contribution is 2.37. The van der Waals surface area contributed by atoms with Crippen LogP contribution in [0.4, 0.5) is 0 Å². The number of carbonyl (C=O) groups excluding carboxylic acids is 1. The molecule has 0 saturated heterocycles. The number of hydrogen-bond donors (Lipinski definition) is 1. The largest absolute Gasteiger partial charge is 0.465 e. The van der Waals surface area contributed by atoms with Crippen LogP contribution in [0, 0.1) is 6.92 Å². The predicted octanol–water partition coefficient (Wildman–Crippen LogP) is 3.41. The fourth-order valence-electron chi connectivity index (χ4n) is 3.77. The van der Waals surface area contributed by atoms with Crippen molar-refractivity contribution in [1.82, 2.24) is 9.55 Å². The molecule has 0 atom stereocenters. The van der Waals surface area contributed by atoms with E-state index in [1.54, 1.807) is 0 Å². The van der Waals surface area contributed by atoms with Gasteiger partial charge >= 0.3 is 5.97 Å². The number of carbonyl (C=O) groups is 1. The molecule has 2 aromatic heterocycles. The molecule has 4 aromatic rings. The molecule has 0 saturated carbocycles. The second kappa shape index (κ2) is 7.58. The molecule has 2 aromatic carbocycles. The van der Waals surface area contributed by atoms with Crippen LogP contribution in [0.1, 0.15) is 15.9 Å². The van der Waals surface area contributed by atoms with E-state index in [2.05, 4.69) is 17.7 Å². The normalized spacial score (nSPS) is 11.5. The van der Waals surface area contributed by atoms with Crippen LogP contribution in [0.2, 0.25) is 0 Å². The van der Waals surface area contributed by atoms with Gasteiger partial charge in [-0.15, -0.1) is 0 Å². The highest BCUT2D eigenvalue weighted by atomic mass is 16.5. The monoisotopic (exact) mass is 377 g/mol. The van der Waals surface area contributed by atoms with Gasteiger partial charge in [-0.25, -0.2) is 9.78 Å². The number of esters is 1. The van der Waals surface area contributed by atoms with E-state index in [0.29, 0.717) is 37.4 Å². The second-order valence-electron chi connectivity index (χ2n) is 6.76. The number of hydrogen-bond acceptors (Lipinski definition) is 5. The summed E-state index contributed by atoms with van der Waals surface area (Å²) in [7, 11) is 1.40. The number of ether oxygens (including phenoxy) is 2. The summed E-state index contributed by atoms with van der Waals surface area (Å²) < 4.78 is 12.7. The summed E-state index contributed by atoms with van der Waals surface area (Å²) in [6.45, 7) is 4.43. The minimum absolute atomic E-state index is 0.373. The second-order valence-corrected chi connectivity index (χ2v) is 6.76. The van der Waals surface area contributed by atoms with E-state index in [0.717, 1.165) is 32.6 Å². The summed E-state index contributed by atoms with van der Waals surface area (Å²) >= 11 is 0. The third-order valence-electron chi connectivity index (χ3n) is 5.09. The Bertz CT molecular complexity index is 1180. The van der Waals surface area contributed by atoms with Crippen LogP contribution in [0.5, 0.6) is 0 Å². The fraction of sp³-hybridized carbons (Fsp3) is 0.273. The van der Waals surface area contributed by atoms with Gasteiger partial charge in [0.2, 0.25) is 0 Å². The van der Waals surface area contributed by atoms with Gasteiger partial charge in [0.05, 0.1) is 36.9 Å². The molecule has 28 heavy (non-hydrogen) atoms. The van der Waals surface area contributed by atoms with E-state index in [-0.39, 0.29) is 5.97 Å². The first-order valence-corrected chi connectivity index (χ1v) is 9.32. The third-order valence-corrected chi connectivity index (χ3v) is 5.09. The lowest BCUT2D eigenvalue weighted by atomic mass is 9.96. The standard InChI is InChI=1S/C22H23N3O3/c1-14-17-13-25(10-12-28-11-8-23)9-7-15(17)20(22(26)27-2)21-19(14)16-5-3-4-6-18(16)24-21/h3-7,9,13H,8,10-12,23H2,1-2H3. The summed E-state index contributed by atoms with van der Waals surface area (Å²) in [5.41, 5.74) is 8.66. The Morgan fingerprint density at radius 3 is 2.75 bits per heavy atom. The van der Waals surface area contributed by atoms with Gasteiger partial charge in [-0.2, -0.15) is 0 Å². The van der Waals surface area contributed by atoms with Crippen LogP contribution < -0.4 is 5.73 Å². The SMILES string of the molecule is COC(=O)c1c2ccn(CCOCCN)cc2c(C)c2c1nc1ccccc12. The molecule has 0 aliphatic carbocycles. The Labute approximate surface area is 162 Å². The maximum absolute atomic E-state index is 12.7. The molecule has 0 aliphatic rings. The molecule has 0 spiro atoms. The molecule has 6 heteroatoms. The summed E-state index contributed by atoms with van der Waals surface area (Å²) in [5, 5.41) is 3.90. The van der Waals surface area contributed by atoms with E-state index in [4.69, 9.17) is 20.2 Å². The molecule has 0 fully saturated rings. The van der Waals surface area contributed by atoms with Crippen molar-refractivity contribution in [2.75, 3.05) is 26.9 Å². The Kier molecular flexibility index (Phi) is 4.98.